The van der Waals surface area contributed by atoms with Crippen molar-refractivity contribution < 1.29 is 32.2 Å². The van der Waals surface area contributed by atoms with Crippen molar-refractivity contribution in [2.45, 2.75) is 65.7 Å². The van der Waals surface area contributed by atoms with Crippen molar-refractivity contribution >= 4 is 23.1 Å². The van der Waals surface area contributed by atoms with Gasteiger partial charge in [0.05, 0.1) is 17.9 Å². The third-order valence-corrected chi connectivity index (χ3v) is 6.97. The average Bonchev–Trinajstić information content (AvgIpc) is 3.26. The molecule has 0 N–H and O–H groups in total. The molecular formula is C28H30F3NO4S. The molecule has 0 atom stereocenters. The van der Waals surface area contributed by atoms with E-state index in [0.717, 1.165) is 10.9 Å². The predicted molar refractivity (Wildman–Crippen MR) is 137 cm³/mol. The number of thiazole rings is 1. The zero-order valence-electron chi connectivity index (χ0n) is 21.5. The summed E-state index contributed by atoms with van der Waals surface area (Å²) in [7, 11) is 0. The van der Waals surface area contributed by atoms with Gasteiger partial charge in [-0.1, -0.05) is 25.1 Å². The summed E-state index contributed by atoms with van der Waals surface area (Å²) in [5.41, 5.74) is 0.0238. The van der Waals surface area contributed by atoms with Crippen LogP contribution in [0.5, 0.6) is 5.75 Å². The Morgan fingerprint density at radius 3 is 2.38 bits per heavy atom. The standard InChI is InChI=1S/C28H30F3NO4S/c1-6-21-24(37-25(32-21)19-10-8-9-11-20(19)28(29,30)31)15-13-22(33)18-12-14-23(17(3)16-18)36-27(4,5)26(34)35-7-2/h8-12,14,16H,6-7,13,15H2,1-5H3. The van der Waals surface area contributed by atoms with E-state index in [2.05, 4.69) is 4.98 Å². The number of esters is 1. The second-order valence-electron chi connectivity index (χ2n) is 9.02. The van der Waals surface area contributed by atoms with Crippen LogP contribution >= 0.6 is 11.3 Å². The highest BCUT2D eigenvalue weighted by Crippen LogP contribution is 2.39. The van der Waals surface area contributed by atoms with Gasteiger partial charge in [-0.2, -0.15) is 13.2 Å². The minimum absolute atomic E-state index is 0.0456. The Bertz CT molecular complexity index is 1280. The van der Waals surface area contributed by atoms with Crippen LogP contribution in [0.3, 0.4) is 0 Å². The molecule has 0 radical (unpaired) electrons. The number of Topliss-reactive ketones (excluding diaryl/α,β-unsaturated/α-hetero) is 1. The van der Waals surface area contributed by atoms with Gasteiger partial charge in [0.15, 0.2) is 11.4 Å². The number of hydrogen-bond acceptors (Lipinski definition) is 6. The fourth-order valence-corrected chi connectivity index (χ4v) is 5.01. The summed E-state index contributed by atoms with van der Waals surface area (Å²) in [5, 5.41) is 0.300. The number of halogens is 3. The van der Waals surface area contributed by atoms with E-state index in [1.54, 1.807) is 52.0 Å². The first-order valence-corrected chi connectivity index (χ1v) is 12.8. The largest absolute Gasteiger partial charge is 0.476 e. The van der Waals surface area contributed by atoms with Crippen molar-refractivity contribution in [1.29, 1.82) is 0 Å². The molecule has 0 unspecified atom stereocenters. The molecule has 0 amide bonds. The maximum absolute atomic E-state index is 13.5. The third kappa shape index (κ3) is 6.77. The van der Waals surface area contributed by atoms with Crippen molar-refractivity contribution in [2.24, 2.45) is 0 Å². The van der Waals surface area contributed by atoms with Gasteiger partial charge in [-0.15, -0.1) is 11.3 Å². The van der Waals surface area contributed by atoms with Crippen molar-refractivity contribution in [3.05, 3.63) is 69.7 Å². The molecule has 3 rings (SSSR count). The monoisotopic (exact) mass is 533 g/mol. The molecule has 0 aliphatic heterocycles. The Morgan fingerprint density at radius 2 is 1.76 bits per heavy atom. The summed E-state index contributed by atoms with van der Waals surface area (Å²) in [6.07, 6.45) is -3.37. The van der Waals surface area contributed by atoms with Gasteiger partial charge in [0, 0.05) is 22.4 Å². The summed E-state index contributed by atoms with van der Waals surface area (Å²) in [6, 6.07) is 10.4. The number of ether oxygens (including phenoxy) is 2. The maximum Gasteiger partial charge on any atom is 0.417 e. The lowest BCUT2D eigenvalue weighted by Gasteiger charge is -2.25. The first-order valence-electron chi connectivity index (χ1n) is 12.0. The Labute approximate surface area is 218 Å². The van der Waals surface area contributed by atoms with Gasteiger partial charge in [0.1, 0.15) is 10.8 Å². The number of nitrogens with zero attached hydrogens (tertiary/aromatic N) is 1. The topological polar surface area (TPSA) is 65.5 Å². The molecule has 0 fully saturated rings. The van der Waals surface area contributed by atoms with Crippen LogP contribution in [-0.4, -0.2) is 28.9 Å². The molecule has 0 saturated heterocycles. The van der Waals surface area contributed by atoms with Gasteiger partial charge in [-0.25, -0.2) is 9.78 Å². The molecule has 0 aliphatic rings. The van der Waals surface area contributed by atoms with Gasteiger partial charge in [0.25, 0.3) is 0 Å². The lowest BCUT2D eigenvalue weighted by molar-refractivity contribution is -0.158. The van der Waals surface area contributed by atoms with E-state index in [4.69, 9.17) is 9.47 Å². The van der Waals surface area contributed by atoms with Gasteiger partial charge in [-0.05, 0) is 70.4 Å². The van der Waals surface area contributed by atoms with Crippen LogP contribution in [-0.2, 0) is 28.5 Å². The molecule has 198 valence electrons. The minimum Gasteiger partial charge on any atom is -0.476 e. The van der Waals surface area contributed by atoms with Crippen LogP contribution in [0.4, 0.5) is 13.2 Å². The van der Waals surface area contributed by atoms with E-state index in [0.29, 0.717) is 40.4 Å². The number of carbonyl (C=O) groups excluding carboxylic acids is 2. The van der Waals surface area contributed by atoms with Gasteiger partial charge >= 0.3 is 12.1 Å². The normalized spacial score (nSPS) is 11.9. The van der Waals surface area contributed by atoms with E-state index in [9.17, 15) is 22.8 Å². The first kappa shape index (κ1) is 28.4. The Morgan fingerprint density at radius 1 is 1.05 bits per heavy atom. The smallest absolute Gasteiger partial charge is 0.417 e. The highest BCUT2D eigenvalue weighted by Gasteiger charge is 2.34. The fraction of sp³-hybridized carbons (Fsp3) is 0.393. The quantitative estimate of drug-likeness (QED) is 0.203. The average molecular weight is 534 g/mol. The molecule has 9 heteroatoms. The summed E-state index contributed by atoms with van der Waals surface area (Å²) in [5.74, 6) is -0.117. The lowest BCUT2D eigenvalue weighted by Crippen LogP contribution is -2.39. The fourth-order valence-electron chi connectivity index (χ4n) is 3.82. The predicted octanol–water partition coefficient (Wildman–Crippen LogP) is 7.24. The molecular weight excluding hydrogens is 503 g/mol. The van der Waals surface area contributed by atoms with Gasteiger partial charge in [0.2, 0.25) is 0 Å². The van der Waals surface area contributed by atoms with Crippen LogP contribution in [0.1, 0.15) is 66.2 Å². The van der Waals surface area contributed by atoms with Crippen LogP contribution < -0.4 is 4.74 Å². The minimum atomic E-state index is -4.48. The molecule has 0 aliphatic carbocycles. The number of ketones is 1. The molecule has 1 heterocycles. The van der Waals surface area contributed by atoms with E-state index in [-0.39, 0.29) is 24.4 Å². The summed E-state index contributed by atoms with van der Waals surface area (Å²) < 4.78 is 51.4. The number of benzene rings is 2. The number of carbonyl (C=O) groups is 2. The van der Waals surface area contributed by atoms with E-state index in [1.165, 1.54) is 23.5 Å². The Balaban J connectivity index is 1.75. The summed E-state index contributed by atoms with van der Waals surface area (Å²) in [6.45, 7) is 8.87. The molecule has 1 aromatic heterocycles. The highest BCUT2D eigenvalue weighted by atomic mass is 32.1. The van der Waals surface area contributed by atoms with Crippen molar-refractivity contribution in [2.75, 3.05) is 6.61 Å². The number of hydrogen-bond donors (Lipinski definition) is 0. The Kier molecular flexibility index (Phi) is 8.79. The lowest BCUT2D eigenvalue weighted by atomic mass is 10.0. The van der Waals surface area contributed by atoms with E-state index < -0.39 is 23.3 Å². The zero-order valence-corrected chi connectivity index (χ0v) is 22.3. The number of rotatable bonds is 10. The molecule has 5 nitrogen and oxygen atoms in total. The molecule has 0 saturated carbocycles. The first-order chi connectivity index (χ1) is 17.4. The maximum atomic E-state index is 13.5. The third-order valence-electron chi connectivity index (χ3n) is 5.78. The van der Waals surface area contributed by atoms with Crippen molar-refractivity contribution in [3.8, 4) is 16.3 Å². The summed E-state index contributed by atoms with van der Waals surface area (Å²) >= 11 is 1.20. The van der Waals surface area contributed by atoms with Crippen LogP contribution in [0, 0.1) is 6.92 Å². The number of aryl methyl sites for hydroxylation is 3. The second-order valence-corrected chi connectivity index (χ2v) is 10.1. The van der Waals surface area contributed by atoms with E-state index >= 15 is 0 Å². The molecule has 2 aromatic carbocycles. The molecule has 0 spiro atoms. The SMILES string of the molecule is CCOC(=O)C(C)(C)Oc1ccc(C(=O)CCc2sc(-c3ccccc3C(F)(F)F)nc2CC)cc1C. The zero-order chi connectivity index (χ0) is 27.4. The van der Waals surface area contributed by atoms with Crippen LogP contribution in [0.25, 0.3) is 10.6 Å². The second kappa shape index (κ2) is 11.5. The number of aromatic nitrogens is 1. The highest BCUT2D eigenvalue weighted by molar-refractivity contribution is 7.15. The van der Waals surface area contributed by atoms with E-state index in [1.807, 2.05) is 6.92 Å². The van der Waals surface area contributed by atoms with Crippen molar-refractivity contribution in [3.63, 3.8) is 0 Å². The number of alkyl halides is 3. The molecule has 37 heavy (non-hydrogen) atoms. The molecule has 0 bridgehead atoms. The van der Waals surface area contributed by atoms with Gasteiger partial charge < -0.3 is 9.47 Å². The Hall–Kier alpha value is -3.20. The summed E-state index contributed by atoms with van der Waals surface area (Å²) in [4.78, 5) is 30.3. The van der Waals surface area contributed by atoms with Crippen LogP contribution in [0.2, 0.25) is 0 Å². The molecule has 3 aromatic rings. The van der Waals surface area contributed by atoms with Gasteiger partial charge in [-0.3, -0.25) is 4.79 Å². The van der Waals surface area contributed by atoms with Crippen molar-refractivity contribution in [1.82, 2.24) is 4.98 Å². The van der Waals surface area contributed by atoms with Crippen LogP contribution in [0.15, 0.2) is 42.5 Å².